The lowest BCUT2D eigenvalue weighted by molar-refractivity contribution is -0.148. The third-order valence-electron chi connectivity index (χ3n) is 3.98. The first-order valence-corrected chi connectivity index (χ1v) is 9.50. The van der Waals surface area contributed by atoms with Gasteiger partial charge in [0.1, 0.15) is 11.9 Å². The van der Waals surface area contributed by atoms with E-state index in [1.54, 1.807) is 23.9 Å². The van der Waals surface area contributed by atoms with E-state index in [0.29, 0.717) is 12.4 Å². The van der Waals surface area contributed by atoms with Gasteiger partial charge in [-0.25, -0.2) is 9.18 Å². The van der Waals surface area contributed by atoms with E-state index in [0.717, 1.165) is 25.7 Å². The summed E-state index contributed by atoms with van der Waals surface area (Å²) in [5.74, 6) is -0.892. The fraction of sp³-hybridized carbons (Fsp3) is 0.556. The molecule has 1 aliphatic rings. The van der Waals surface area contributed by atoms with Crippen LogP contribution in [0, 0.1) is 5.82 Å². The van der Waals surface area contributed by atoms with Crippen molar-refractivity contribution in [1.82, 2.24) is 4.90 Å². The Morgan fingerprint density at radius 3 is 2.71 bits per heavy atom. The van der Waals surface area contributed by atoms with Crippen molar-refractivity contribution in [1.29, 1.82) is 0 Å². The van der Waals surface area contributed by atoms with Crippen LogP contribution in [0.3, 0.4) is 0 Å². The van der Waals surface area contributed by atoms with Crippen molar-refractivity contribution < 1.29 is 18.7 Å². The van der Waals surface area contributed by atoms with E-state index in [1.807, 2.05) is 13.8 Å². The highest BCUT2D eigenvalue weighted by atomic mass is 32.2. The highest BCUT2D eigenvalue weighted by molar-refractivity contribution is 8.00. The van der Waals surface area contributed by atoms with Gasteiger partial charge < -0.3 is 9.64 Å². The molecule has 1 aromatic carbocycles. The van der Waals surface area contributed by atoms with E-state index in [-0.39, 0.29) is 16.9 Å². The van der Waals surface area contributed by atoms with Crippen LogP contribution in [-0.4, -0.2) is 40.6 Å². The number of nitrogens with zero attached hydrogens (tertiary/aromatic N) is 1. The maximum atomic E-state index is 14.0. The number of carbonyl (C=O) groups excluding carboxylic acids is 2. The molecule has 1 amide bonds. The van der Waals surface area contributed by atoms with Crippen LogP contribution >= 0.6 is 11.8 Å². The van der Waals surface area contributed by atoms with Crippen LogP contribution in [0.5, 0.6) is 0 Å². The van der Waals surface area contributed by atoms with Gasteiger partial charge in [0.15, 0.2) is 0 Å². The number of halogens is 1. The van der Waals surface area contributed by atoms with E-state index in [4.69, 9.17) is 4.74 Å². The average molecular weight is 353 g/mol. The Bertz CT molecular complexity index is 581. The predicted octanol–water partition coefficient (Wildman–Crippen LogP) is 3.85. The predicted molar refractivity (Wildman–Crippen MR) is 93.4 cm³/mol. The van der Waals surface area contributed by atoms with Gasteiger partial charge in [-0.15, -0.1) is 11.8 Å². The van der Waals surface area contributed by atoms with Crippen LogP contribution < -0.4 is 0 Å². The van der Waals surface area contributed by atoms with Crippen LogP contribution in [0.4, 0.5) is 4.39 Å². The standard InChI is InChI=1S/C18H24FNO3S/c1-3-5-11-23-18(22)15-12-24-16(8-4-2)20(15)17(21)13-9-6-7-10-14(13)19/h6-7,9-10,15-16H,3-5,8,11-12H2,1-2H3/t15-,16+/m1/s1. The number of thioether (sulfide) groups is 1. The third-order valence-corrected chi connectivity index (χ3v) is 5.34. The molecule has 1 heterocycles. The molecule has 0 N–H and O–H groups in total. The molecule has 132 valence electrons. The van der Waals surface area contributed by atoms with Crippen molar-refractivity contribution in [3.8, 4) is 0 Å². The summed E-state index contributed by atoms with van der Waals surface area (Å²) in [6, 6.07) is 5.26. The number of unbranched alkanes of at least 4 members (excludes halogenated alkanes) is 1. The van der Waals surface area contributed by atoms with Crippen molar-refractivity contribution in [2.45, 2.75) is 50.9 Å². The third kappa shape index (κ3) is 4.29. The molecule has 4 nitrogen and oxygen atoms in total. The fourth-order valence-electron chi connectivity index (χ4n) is 2.67. The second-order valence-electron chi connectivity index (χ2n) is 5.81. The minimum absolute atomic E-state index is 0.00691. The molecule has 2 atom stereocenters. The Labute approximate surface area is 146 Å². The molecular formula is C18H24FNO3S. The molecular weight excluding hydrogens is 329 g/mol. The number of carbonyl (C=O) groups is 2. The van der Waals surface area contributed by atoms with Crippen molar-refractivity contribution in [2.75, 3.05) is 12.4 Å². The number of benzene rings is 1. The Morgan fingerprint density at radius 2 is 2.04 bits per heavy atom. The monoisotopic (exact) mass is 353 g/mol. The summed E-state index contributed by atoms with van der Waals surface area (Å²) >= 11 is 1.56. The number of rotatable bonds is 7. The molecule has 0 spiro atoms. The molecule has 0 unspecified atom stereocenters. The molecule has 0 aromatic heterocycles. The number of amides is 1. The molecule has 1 aliphatic heterocycles. The Kier molecular flexibility index (Phi) is 7.09. The first kappa shape index (κ1) is 18.8. The maximum absolute atomic E-state index is 14.0. The second-order valence-corrected chi connectivity index (χ2v) is 7.02. The van der Waals surface area contributed by atoms with Crippen LogP contribution in [0.1, 0.15) is 49.9 Å². The molecule has 6 heteroatoms. The fourth-order valence-corrected chi connectivity index (χ4v) is 4.18. The van der Waals surface area contributed by atoms with Gasteiger partial charge in [0.25, 0.3) is 5.91 Å². The zero-order valence-electron chi connectivity index (χ0n) is 14.2. The molecule has 1 aromatic rings. The number of ether oxygens (including phenoxy) is 1. The van der Waals surface area contributed by atoms with Crippen LogP contribution in [0.2, 0.25) is 0 Å². The number of esters is 1. The van der Waals surface area contributed by atoms with Gasteiger partial charge in [-0.2, -0.15) is 0 Å². The van der Waals surface area contributed by atoms with Gasteiger partial charge in [-0.3, -0.25) is 4.79 Å². The lowest BCUT2D eigenvalue weighted by Crippen LogP contribution is -2.46. The van der Waals surface area contributed by atoms with Gasteiger partial charge in [0.05, 0.1) is 17.5 Å². The number of hydrogen-bond acceptors (Lipinski definition) is 4. The molecule has 0 bridgehead atoms. The molecule has 1 fully saturated rings. The molecule has 1 saturated heterocycles. The zero-order chi connectivity index (χ0) is 17.5. The SMILES string of the molecule is CCCCOC(=O)[C@H]1CS[C@@H](CCC)N1C(=O)c1ccccc1F. The molecule has 0 saturated carbocycles. The lowest BCUT2D eigenvalue weighted by Gasteiger charge is -2.28. The van der Waals surface area contributed by atoms with Crippen LogP contribution in [-0.2, 0) is 9.53 Å². The first-order chi connectivity index (χ1) is 11.6. The largest absolute Gasteiger partial charge is 0.464 e. The van der Waals surface area contributed by atoms with Gasteiger partial charge in [-0.1, -0.05) is 38.8 Å². The summed E-state index contributed by atoms with van der Waals surface area (Å²) in [5.41, 5.74) is 0.00691. The topological polar surface area (TPSA) is 46.6 Å². The van der Waals surface area contributed by atoms with Crippen molar-refractivity contribution >= 4 is 23.6 Å². The van der Waals surface area contributed by atoms with E-state index < -0.39 is 17.8 Å². The van der Waals surface area contributed by atoms with Crippen molar-refractivity contribution in [3.63, 3.8) is 0 Å². The van der Waals surface area contributed by atoms with E-state index >= 15 is 0 Å². The minimum Gasteiger partial charge on any atom is -0.464 e. The first-order valence-electron chi connectivity index (χ1n) is 8.45. The summed E-state index contributed by atoms with van der Waals surface area (Å²) in [7, 11) is 0. The average Bonchev–Trinajstić information content (AvgIpc) is 2.99. The van der Waals surface area contributed by atoms with Gasteiger partial charge in [-0.05, 0) is 25.0 Å². The van der Waals surface area contributed by atoms with E-state index in [1.165, 1.54) is 17.0 Å². The summed E-state index contributed by atoms with van der Waals surface area (Å²) in [6.45, 7) is 4.40. The summed E-state index contributed by atoms with van der Waals surface area (Å²) in [4.78, 5) is 26.8. The Hall–Kier alpha value is -1.56. The lowest BCUT2D eigenvalue weighted by atomic mass is 10.1. The zero-order valence-corrected chi connectivity index (χ0v) is 15.0. The minimum atomic E-state index is -0.643. The molecule has 0 radical (unpaired) electrons. The highest BCUT2D eigenvalue weighted by Crippen LogP contribution is 2.34. The highest BCUT2D eigenvalue weighted by Gasteiger charge is 2.42. The molecule has 24 heavy (non-hydrogen) atoms. The van der Waals surface area contributed by atoms with Crippen molar-refractivity contribution in [3.05, 3.63) is 35.6 Å². The Morgan fingerprint density at radius 1 is 1.29 bits per heavy atom. The Balaban J connectivity index is 2.20. The second kappa shape index (κ2) is 9.06. The van der Waals surface area contributed by atoms with Crippen molar-refractivity contribution in [2.24, 2.45) is 0 Å². The quantitative estimate of drug-likeness (QED) is 0.552. The summed E-state index contributed by atoms with van der Waals surface area (Å²) in [6.07, 6.45) is 3.38. The van der Waals surface area contributed by atoms with Gasteiger partial charge >= 0.3 is 5.97 Å². The van der Waals surface area contributed by atoms with Crippen LogP contribution in [0.25, 0.3) is 0 Å². The molecule has 0 aliphatic carbocycles. The van der Waals surface area contributed by atoms with E-state index in [2.05, 4.69) is 0 Å². The smallest absolute Gasteiger partial charge is 0.329 e. The molecule has 2 rings (SSSR count). The number of hydrogen-bond donors (Lipinski definition) is 0. The summed E-state index contributed by atoms with van der Waals surface area (Å²) in [5, 5.41) is -0.120. The van der Waals surface area contributed by atoms with Crippen LogP contribution in [0.15, 0.2) is 24.3 Å². The normalized spacial score (nSPS) is 20.2. The van der Waals surface area contributed by atoms with E-state index in [9.17, 15) is 14.0 Å². The van der Waals surface area contributed by atoms with Gasteiger partial charge in [0.2, 0.25) is 0 Å². The maximum Gasteiger partial charge on any atom is 0.329 e. The summed E-state index contributed by atoms with van der Waals surface area (Å²) < 4.78 is 19.3. The van der Waals surface area contributed by atoms with Gasteiger partial charge in [0, 0.05) is 5.75 Å².